The standard InChI is InChI=1S/C14H9Cl2N3O/c15-12-5-11(8-18-13(12)16)14(20)19-7-10-3-1-9(6-17)2-4-10/h1-5,8H,7H2,(H,19,20). The van der Waals surface area contributed by atoms with Crippen molar-refractivity contribution < 1.29 is 4.79 Å². The van der Waals surface area contributed by atoms with Gasteiger partial charge in [-0.1, -0.05) is 35.3 Å². The predicted octanol–water partition coefficient (Wildman–Crippen LogP) is 3.19. The van der Waals surface area contributed by atoms with Gasteiger partial charge in [0.15, 0.2) is 0 Å². The van der Waals surface area contributed by atoms with E-state index in [-0.39, 0.29) is 16.1 Å². The number of hydrogen-bond acceptors (Lipinski definition) is 3. The molecule has 2 rings (SSSR count). The second-order valence-electron chi connectivity index (χ2n) is 3.99. The zero-order valence-corrected chi connectivity index (χ0v) is 11.7. The number of rotatable bonds is 3. The van der Waals surface area contributed by atoms with Crippen molar-refractivity contribution >= 4 is 29.1 Å². The Morgan fingerprint density at radius 1 is 1.30 bits per heavy atom. The molecule has 0 saturated heterocycles. The van der Waals surface area contributed by atoms with Gasteiger partial charge in [0.05, 0.1) is 22.2 Å². The summed E-state index contributed by atoms with van der Waals surface area (Å²) >= 11 is 11.5. The van der Waals surface area contributed by atoms with E-state index in [4.69, 9.17) is 28.5 Å². The van der Waals surface area contributed by atoms with E-state index in [1.54, 1.807) is 24.3 Å². The minimum Gasteiger partial charge on any atom is -0.348 e. The van der Waals surface area contributed by atoms with Crippen LogP contribution in [0.4, 0.5) is 0 Å². The lowest BCUT2D eigenvalue weighted by atomic mass is 10.1. The maximum atomic E-state index is 11.9. The number of aromatic nitrogens is 1. The molecule has 100 valence electrons. The van der Waals surface area contributed by atoms with Crippen molar-refractivity contribution in [3.05, 3.63) is 63.4 Å². The first-order chi connectivity index (χ1) is 9.60. The average Bonchev–Trinajstić information content (AvgIpc) is 2.48. The summed E-state index contributed by atoms with van der Waals surface area (Å²) in [5.74, 6) is -0.291. The number of nitriles is 1. The smallest absolute Gasteiger partial charge is 0.253 e. The third kappa shape index (κ3) is 3.47. The van der Waals surface area contributed by atoms with Gasteiger partial charge in [-0.2, -0.15) is 5.26 Å². The molecule has 1 heterocycles. The Hall–Kier alpha value is -2.09. The second kappa shape index (κ2) is 6.38. The van der Waals surface area contributed by atoms with Crippen molar-refractivity contribution in [2.24, 2.45) is 0 Å². The average molecular weight is 306 g/mol. The van der Waals surface area contributed by atoms with E-state index in [2.05, 4.69) is 10.3 Å². The molecule has 4 nitrogen and oxygen atoms in total. The first kappa shape index (κ1) is 14.3. The highest BCUT2D eigenvalue weighted by atomic mass is 35.5. The first-order valence-corrected chi connectivity index (χ1v) is 6.44. The van der Waals surface area contributed by atoms with Crippen LogP contribution < -0.4 is 5.32 Å². The molecule has 0 unspecified atom stereocenters. The molecule has 0 aliphatic heterocycles. The highest BCUT2D eigenvalue weighted by molar-refractivity contribution is 6.41. The fourth-order valence-corrected chi connectivity index (χ4v) is 1.80. The van der Waals surface area contributed by atoms with E-state index in [1.807, 2.05) is 6.07 Å². The largest absolute Gasteiger partial charge is 0.348 e. The number of pyridine rings is 1. The summed E-state index contributed by atoms with van der Waals surface area (Å²) in [6, 6.07) is 10.5. The lowest BCUT2D eigenvalue weighted by Gasteiger charge is -2.06. The summed E-state index contributed by atoms with van der Waals surface area (Å²) in [5.41, 5.74) is 1.81. The lowest BCUT2D eigenvalue weighted by molar-refractivity contribution is 0.0950. The highest BCUT2D eigenvalue weighted by Crippen LogP contribution is 2.19. The fraction of sp³-hybridized carbons (Fsp3) is 0.0714. The van der Waals surface area contributed by atoms with Crippen LogP contribution in [0, 0.1) is 11.3 Å². The van der Waals surface area contributed by atoms with E-state index >= 15 is 0 Å². The van der Waals surface area contributed by atoms with Crippen LogP contribution in [0.2, 0.25) is 10.2 Å². The molecule has 20 heavy (non-hydrogen) atoms. The van der Waals surface area contributed by atoms with E-state index in [1.165, 1.54) is 12.3 Å². The highest BCUT2D eigenvalue weighted by Gasteiger charge is 2.08. The Morgan fingerprint density at radius 3 is 2.60 bits per heavy atom. The molecule has 0 atom stereocenters. The quantitative estimate of drug-likeness (QED) is 0.886. The molecule has 0 aliphatic rings. The lowest BCUT2D eigenvalue weighted by Crippen LogP contribution is -2.22. The molecule has 1 aromatic heterocycles. The third-order valence-electron chi connectivity index (χ3n) is 2.59. The van der Waals surface area contributed by atoms with Gasteiger partial charge in [-0.25, -0.2) is 4.98 Å². The van der Waals surface area contributed by atoms with Crippen molar-refractivity contribution in [1.82, 2.24) is 10.3 Å². The molecular formula is C14H9Cl2N3O. The van der Waals surface area contributed by atoms with Crippen molar-refractivity contribution in [3.63, 3.8) is 0 Å². The summed E-state index contributed by atoms with van der Waals surface area (Å²) in [4.78, 5) is 15.7. The Morgan fingerprint density at radius 2 is 2.00 bits per heavy atom. The Labute approximate surface area is 126 Å². The number of benzene rings is 1. The molecule has 0 aliphatic carbocycles. The summed E-state index contributed by atoms with van der Waals surface area (Å²) in [6.07, 6.45) is 1.36. The van der Waals surface area contributed by atoms with Crippen LogP contribution in [0.3, 0.4) is 0 Å². The van der Waals surface area contributed by atoms with Crippen molar-refractivity contribution in [1.29, 1.82) is 5.26 Å². The van der Waals surface area contributed by atoms with Crippen LogP contribution in [-0.4, -0.2) is 10.9 Å². The molecule has 1 amide bonds. The summed E-state index contributed by atoms with van der Waals surface area (Å²) in [5, 5.41) is 11.8. The van der Waals surface area contributed by atoms with E-state index in [9.17, 15) is 4.79 Å². The van der Waals surface area contributed by atoms with E-state index < -0.39 is 0 Å². The fourth-order valence-electron chi connectivity index (χ4n) is 1.53. The molecule has 0 fully saturated rings. The zero-order chi connectivity index (χ0) is 14.5. The predicted molar refractivity (Wildman–Crippen MR) is 76.6 cm³/mol. The Bertz CT molecular complexity index is 678. The topological polar surface area (TPSA) is 65.8 Å². The van der Waals surface area contributed by atoms with Gasteiger partial charge < -0.3 is 5.32 Å². The van der Waals surface area contributed by atoms with E-state index in [0.29, 0.717) is 17.7 Å². The minimum atomic E-state index is -0.291. The Balaban J connectivity index is 2.01. The Kier molecular flexibility index (Phi) is 4.57. The summed E-state index contributed by atoms with van der Waals surface area (Å²) in [6.45, 7) is 0.352. The van der Waals surface area contributed by atoms with Gasteiger partial charge in [-0.15, -0.1) is 0 Å². The van der Waals surface area contributed by atoms with Gasteiger partial charge in [-0.3, -0.25) is 4.79 Å². The maximum Gasteiger partial charge on any atom is 0.253 e. The number of halogens is 2. The minimum absolute atomic E-state index is 0.162. The molecule has 0 spiro atoms. The van der Waals surface area contributed by atoms with Crippen molar-refractivity contribution in [3.8, 4) is 6.07 Å². The number of nitrogens with one attached hydrogen (secondary N) is 1. The molecule has 0 radical (unpaired) electrons. The molecule has 0 bridgehead atoms. The number of nitrogens with zero attached hydrogens (tertiary/aromatic N) is 2. The molecule has 1 aromatic carbocycles. The number of hydrogen-bond donors (Lipinski definition) is 1. The number of amides is 1. The van der Waals surface area contributed by atoms with Crippen LogP contribution in [0.25, 0.3) is 0 Å². The van der Waals surface area contributed by atoms with Gasteiger partial charge >= 0.3 is 0 Å². The first-order valence-electron chi connectivity index (χ1n) is 5.68. The normalized spacial score (nSPS) is 9.85. The monoisotopic (exact) mass is 305 g/mol. The molecule has 0 saturated carbocycles. The van der Waals surface area contributed by atoms with Gasteiger partial charge in [0.2, 0.25) is 0 Å². The van der Waals surface area contributed by atoms with Crippen LogP contribution in [0.15, 0.2) is 36.5 Å². The van der Waals surface area contributed by atoms with Crippen molar-refractivity contribution in [2.45, 2.75) is 6.54 Å². The van der Waals surface area contributed by atoms with Crippen LogP contribution in [0.5, 0.6) is 0 Å². The van der Waals surface area contributed by atoms with Crippen LogP contribution in [-0.2, 0) is 6.54 Å². The van der Waals surface area contributed by atoms with Gasteiger partial charge in [0.25, 0.3) is 5.91 Å². The maximum absolute atomic E-state index is 11.9. The van der Waals surface area contributed by atoms with Crippen molar-refractivity contribution in [2.75, 3.05) is 0 Å². The van der Waals surface area contributed by atoms with Gasteiger partial charge in [-0.05, 0) is 23.8 Å². The summed E-state index contributed by atoms with van der Waals surface area (Å²) < 4.78 is 0. The van der Waals surface area contributed by atoms with E-state index in [0.717, 1.165) is 5.56 Å². The number of carbonyl (C=O) groups excluding carboxylic acids is 1. The summed E-state index contributed by atoms with van der Waals surface area (Å²) in [7, 11) is 0. The molecule has 1 N–H and O–H groups in total. The third-order valence-corrected chi connectivity index (χ3v) is 3.28. The van der Waals surface area contributed by atoms with Gasteiger partial charge in [0.1, 0.15) is 5.15 Å². The SMILES string of the molecule is N#Cc1ccc(CNC(=O)c2cnc(Cl)c(Cl)c2)cc1. The molecule has 6 heteroatoms. The van der Waals surface area contributed by atoms with Gasteiger partial charge in [0, 0.05) is 12.7 Å². The van der Waals surface area contributed by atoms with Crippen LogP contribution in [0.1, 0.15) is 21.5 Å². The zero-order valence-electron chi connectivity index (χ0n) is 10.2. The molecular weight excluding hydrogens is 297 g/mol. The van der Waals surface area contributed by atoms with Crippen LogP contribution >= 0.6 is 23.2 Å². The number of carbonyl (C=O) groups is 1. The second-order valence-corrected chi connectivity index (χ2v) is 4.75. The molecule has 2 aromatic rings.